The lowest BCUT2D eigenvalue weighted by Crippen LogP contribution is -2.01. The van der Waals surface area contributed by atoms with Crippen molar-refractivity contribution in [1.29, 1.82) is 0 Å². The van der Waals surface area contributed by atoms with Crippen molar-refractivity contribution in [2.75, 3.05) is 0 Å². The predicted molar refractivity (Wildman–Crippen MR) is 73.4 cm³/mol. The van der Waals surface area contributed by atoms with Crippen LogP contribution in [0, 0.1) is 0 Å². The van der Waals surface area contributed by atoms with Gasteiger partial charge in [0.15, 0.2) is 0 Å². The Morgan fingerprint density at radius 3 is 2.82 bits per heavy atom. The Hall–Kier alpha value is -1.63. The monoisotopic (exact) mass is 228 g/mol. The minimum Gasteiger partial charge on any atom is -0.298 e. The molecular weight excluding hydrogens is 208 g/mol. The summed E-state index contributed by atoms with van der Waals surface area (Å²) >= 11 is 0. The molecule has 0 spiro atoms. The van der Waals surface area contributed by atoms with Crippen LogP contribution >= 0.6 is 0 Å². The average Bonchev–Trinajstić information content (AvgIpc) is 2.39. The number of carbonyl (C=O) groups is 1. The van der Waals surface area contributed by atoms with E-state index in [4.69, 9.17) is 0 Å². The lowest BCUT2D eigenvalue weighted by Gasteiger charge is -2.18. The van der Waals surface area contributed by atoms with Crippen LogP contribution < -0.4 is 0 Å². The molecule has 0 amide bonds. The van der Waals surface area contributed by atoms with Crippen molar-refractivity contribution >= 4 is 6.29 Å². The van der Waals surface area contributed by atoms with Gasteiger partial charge in [-0.1, -0.05) is 49.4 Å². The van der Waals surface area contributed by atoms with Gasteiger partial charge in [-0.2, -0.15) is 0 Å². The molecule has 1 atom stereocenters. The molecule has 0 heterocycles. The third-order valence-corrected chi connectivity index (χ3v) is 3.00. The molecule has 0 bridgehead atoms. The molecule has 1 rings (SSSR count). The highest BCUT2D eigenvalue weighted by Crippen LogP contribution is 2.29. The molecule has 0 N–H and O–H groups in total. The van der Waals surface area contributed by atoms with Crippen LogP contribution in [0.2, 0.25) is 0 Å². The molecule has 0 aliphatic carbocycles. The van der Waals surface area contributed by atoms with Crippen LogP contribution in [0.4, 0.5) is 0 Å². The standard InChI is InChI=1S/C16H20O/c1-4-6-10-16(13(3)5-2)15-9-7-8-14(11-15)12-17/h4,6-9,11-12,16H,3,5,10H2,1-2H3/b6-4+. The van der Waals surface area contributed by atoms with E-state index in [-0.39, 0.29) is 0 Å². The van der Waals surface area contributed by atoms with Crippen molar-refractivity contribution in [3.63, 3.8) is 0 Å². The molecule has 17 heavy (non-hydrogen) atoms. The van der Waals surface area contributed by atoms with Crippen LogP contribution in [0.5, 0.6) is 0 Å². The quantitative estimate of drug-likeness (QED) is 0.517. The first-order valence-electron chi connectivity index (χ1n) is 6.06. The number of carbonyl (C=O) groups excluding carboxylic acids is 1. The fourth-order valence-corrected chi connectivity index (χ4v) is 1.91. The molecule has 0 radical (unpaired) electrons. The SMILES string of the molecule is C=C(CC)C(C/C=C/C)c1cccc(C=O)c1. The molecule has 0 saturated heterocycles. The maximum absolute atomic E-state index is 10.8. The van der Waals surface area contributed by atoms with Gasteiger partial charge in [-0.05, 0) is 31.4 Å². The highest BCUT2D eigenvalue weighted by molar-refractivity contribution is 5.75. The number of benzene rings is 1. The van der Waals surface area contributed by atoms with Gasteiger partial charge in [0.25, 0.3) is 0 Å². The van der Waals surface area contributed by atoms with Crippen molar-refractivity contribution in [3.8, 4) is 0 Å². The van der Waals surface area contributed by atoms with Gasteiger partial charge in [0.2, 0.25) is 0 Å². The zero-order chi connectivity index (χ0) is 12.7. The fourth-order valence-electron chi connectivity index (χ4n) is 1.91. The summed E-state index contributed by atoms with van der Waals surface area (Å²) in [6.45, 7) is 8.28. The number of hydrogen-bond donors (Lipinski definition) is 0. The van der Waals surface area contributed by atoms with Gasteiger partial charge in [0, 0.05) is 11.5 Å². The van der Waals surface area contributed by atoms with Gasteiger partial charge < -0.3 is 0 Å². The Labute approximate surface area is 104 Å². The zero-order valence-electron chi connectivity index (χ0n) is 10.6. The smallest absolute Gasteiger partial charge is 0.150 e. The normalized spacial score (nSPS) is 12.6. The van der Waals surface area contributed by atoms with Gasteiger partial charge in [-0.3, -0.25) is 4.79 Å². The largest absolute Gasteiger partial charge is 0.298 e. The van der Waals surface area contributed by atoms with Crippen molar-refractivity contribution in [3.05, 3.63) is 59.7 Å². The van der Waals surface area contributed by atoms with Crippen LogP contribution in [0.15, 0.2) is 48.6 Å². The molecular formula is C16H20O. The maximum Gasteiger partial charge on any atom is 0.150 e. The first kappa shape index (κ1) is 13.4. The van der Waals surface area contributed by atoms with E-state index < -0.39 is 0 Å². The van der Waals surface area contributed by atoms with Crippen molar-refractivity contribution in [1.82, 2.24) is 0 Å². The zero-order valence-corrected chi connectivity index (χ0v) is 10.6. The lowest BCUT2D eigenvalue weighted by molar-refractivity contribution is 0.112. The Balaban J connectivity index is 3.02. The van der Waals surface area contributed by atoms with Gasteiger partial charge >= 0.3 is 0 Å². The summed E-state index contributed by atoms with van der Waals surface area (Å²) in [6, 6.07) is 7.80. The molecule has 0 fully saturated rings. The summed E-state index contributed by atoms with van der Waals surface area (Å²) in [5.41, 5.74) is 3.13. The van der Waals surface area contributed by atoms with E-state index in [9.17, 15) is 4.79 Å². The van der Waals surface area contributed by atoms with Crippen LogP contribution in [-0.2, 0) is 0 Å². The minimum absolute atomic E-state index is 0.316. The average molecular weight is 228 g/mol. The van der Waals surface area contributed by atoms with Crippen LogP contribution in [0.1, 0.15) is 48.5 Å². The molecule has 1 nitrogen and oxygen atoms in total. The molecule has 0 aliphatic heterocycles. The molecule has 1 aromatic carbocycles. The summed E-state index contributed by atoms with van der Waals surface area (Å²) in [7, 11) is 0. The van der Waals surface area contributed by atoms with E-state index in [0.29, 0.717) is 5.92 Å². The summed E-state index contributed by atoms with van der Waals surface area (Å²) in [5.74, 6) is 0.316. The summed E-state index contributed by atoms with van der Waals surface area (Å²) < 4.78 is 0. The number of aldehydes is 1. The molecule has 1 heteroatoms. The van der Waals surface area contributed by atoms with Gasteiger partial charge in [-0.15, -0.1) is 0 Å². The minimum atomic E-state index is 0.316. The highest BCUT2D eigenvalue weighted by atomic mass is 16.1. The summed E-state index contributed by atoms with van der Waals surface area (Å²) in [4.78, 5) is 10.8. The first-order chi connectivity index (χ1) is 8.22. The number of allylic oxidation sites excluding steroid dienone is 3. The molecule has 1 unspecified atom stereocenters. The highest BCUT2D eigenvalue weighted by Gasteiger charge is 2.12. The third kappa shape index (κ3) is 3.70. The second-order valence-electron chi connectivity index (χ2n) is 4.16. The lowest BCUT2D eigenvalue weighted by atomic mass is 9.87. The van der Waals surface area contributed by atoms with E-state index in [1.165, 1.54) is 11.1 Å². The van der Waals surface area contributed by atoms with E-state index in [0.717, 1.165) is 24.7 Å². The van der Waals surface area contributed by atoms with Gasteiger partial charge in [-0.25, -0.2) is 0 Å². The predicted octanol–water partition coefficient (Wildman–Crippen LogP) is 4.52. The second-order valence-corrected chi connectivity index (χ2v) is 4.16. The van der Waals surface area contributed by atoms with Crippen LogP contribution in [0.25, 0.3) is 0 Å². The number of hydrogen-bond acceptors (Lipinski definition) is 1. The van der Waals surface area contributed by atoms with E-state index in [1.54, 1.807) is 0 Å². The van der Waals surface area contributed by atoms with Crippen molar-refractivity contribution in [2.24, 2.45) is 0 Å². The molecule has 90 valence electrons. The molecule has 1 aromatic rings. The third-order valence-electron chi connectivity index (χ3n) is 3.00. The van der Waals surface area contributed by atoms with Crippen molar-refractivity contribution in [2.45, 2.75) is 32.6 Å². The fraction of sp³-hybridized carbons (Fsp3) is 0.312. The van der Waals surface area contributed by atoms with Crippen LogP contribution in [0.3, 0.4) is 0 Å². The van der Waals surface area contributed by atoms with Gasteiger partial charge in [0.05, 0.1) is 0 Å². The summed E-state index contributed by atoms with van der Waals surface area (Å²) in [6.07, 6.45) is 7.02. The van der Waals surface area contributed by atoms with Crippen molar-refractivity contribution < 1.29 is 4.79 Å². The summed E-state index contributed by atoms with van der Waals surface area (Å²) in [5, 5.41) is 0. The first-order valence-corrected chi connectivity index (χ1v) is 6.06. The van der Waals surface area contributed by atoms with Gasteiger partial charge in [0.1, 0.15) is 6.29 Å². The Morgan fingerprint density at radius 1 is 1.47 bits per heavy atom. The van der Waals surface area contributed by atoms with E-state index >= 15 is 0 Å². The number of rotatable bonds is 6. The maximum atomic E-state index is 10.8. The molecule has 0 aliphatic rings. The molecule has 0 saturated carbocycles. The van der Waals surface area contributed by atoms with E-state index in [1.807, 2.05) is 25.1 Å². The second kappa shape index (κ2) is 6.85. The Kier molecular flexibility index (Phi) is 5.41. The van der Waals surface area contributed by atoms with E-state index in [2.05, 4.69) is 31.7 Å². The molecule has 0 aromatic heterocycles. The van der Waals surface area contributed by atoms with Crippen LogP contribution in [-0.4, -0.2) is 6.29 Å². The Bertz CT molecular complexity index is 415. The topological polar surface area (TPSA) is 17.1 Å². The Morgan fingerprint density at radius 2 is 2.24 bits per heavy atom.